The Labute approximate surface area is 102 Å². The van der Waals surface area contributed by atoms with Crippen LogP contribution in [0.1, 0.15) is 38.2 Å². The first-order chi connectivity index (χ1) is 7.84. The van der Waals surface area contributed by atoms with Gasteiger partial charge in [0.15, 0.2) is 0 Å². The van der Waals surface area contributed by atoms with Gasteiger partial charge >= 0.3 is 0 Å². The van der Waals surface area contributed by atoms with E-state index in [9.17, 15) is 4.79 Å². The third-order valence-corrected chi connectivity index (χ3v) is 2.79. The van der Waals surface area contributed by atoms with E-state index in [0.717, 1.165) is 0 Å². The SMILES string of the molecule is CNc1cnc(C(=O)NC(C)C(C)(C)C)cn1. The third-order valence-electron chi connectivity index (χ3n) is 2.79. The van der Waals surface area contributed by atoms with Crippen molar-refractivity contribution in [3.8, 4) is 0 Å². The van der Waals surface area contributed by atoms with Crippen molar-refractivity contribution in [1.29, 1.82) is 0 Å². The van der Waals surface area contributed by atoms with E-state index in [4.69, 9.17) is 0 Å². The first kappa shape index (κ1) is 13.4. The number of hydrogen-bond acceptors (Lipinski definition) is 4. The molecule has 5 heteroatoms. The highest BCUT2D eigenvalue weighted by atomic mass is 16.1. The Balaban J connectivity index is 2.70. The van der Waals surface area contributed by atoms with E-state index in [-0.39, 0.29) is 17.4 Å². The largest absolute Gasteiger partial charge is 0.372 e. The van der Waals surface area contributed by atoms with Gasteiger partial charge in [-0.25, -0.2) is 9.97 Å². The van der Waals surface area contributed by atoms with Crippen LogP contribution in [-0.2, 0) is 0 Å². The highest BCUT2D eigenvalue weighted by Gasteiger charge is 2.22. The van der Waals surface area contributed by atoms with E-state index in [2.05, 4.69) is 41.4 Å². The summed E-state index contributed by atoms with van der Waals surface area (Å²) in [4.78, 5) is 20.0. The monoisotopic (exact) mass is 236 g/mol. The molecule has 17 heavy (non-hydrogen) atoms. The lowest BCUT2D eigenvalue weighted by atomic mass is 9.88. The van der Waals surface area contributed by atoms with Gasteiger partial charge in [0.2, 0.25) is 0 Å². The average molecular weight is 236 g/mol. The lowest BCUT2D eigenvalue weighted by molar-refractivity contribution is 0.0904. The zero-order valence-corrected chi connectivity index (χ0v) is 11.0. The minimum atomic E-state index is -0.192. The number of rotatable bonds is 3. The van der Waals surface area contributed by atoms with Gasteiger partial charge in [-0.2, -0.15) is 0 Å². The van der Waals surface area contributed by atoms with E-state index in [1.54, 1.807) is 7.05 Å². The molecule has 1 amide bonds. The molecule has 0 saturated carbocycles. The minimum Gasteiger partial charge on any atom is -0.372 e. The molecule has 1 aromatic rings. The number of nitrogens with zero attached hydrogens (tertiary/aromatic N) is 2. The van der Waals surface area contributed by atoms with E-state index in [0.29, 0.717) is 11.5 Å². The molecule has 0 fully saturated rings. The Morgan fingerprint density at radius 1 is 1.29 bits per heavy atom. The van der Waals surface area contributed by atoms with Crippen molar-refractivity contribution in [2.45, 2.75) is 33.7 Å². The first-order valence-corrected chi connectivity index (χ1v) is 5.65. The fourth-order valence-corrected chi connectivity index (χ4v) is 1.06. The summed E-state index contributed by atoms with van der Waals surface area (Å²) < 4.78 is 0. The van der Waals surface area contributed by atoms with Crippen LogP contribution in [0.2, 0.25) is 0 Å². The van der Waals surface area contributed by atoms with Crippen LogP contribution in [0.3, 0.4) is 0 Å². The van der Waals surface area contributed by atoms with Gasteiger partial charge in [0.1, 0.15) is 11.5 Å². The van der Waals surface area contributed by atoms with Gasteiger partial charge in [0.25, 0.3) is 5.91 Å². The second-order valence-electron chi connectivity index (χ2n) is 5.10. The van der Waals surface area contributed by atoms with E-state index < -0.39 is 0 Å². The topological polar surface area (TPSA) is 66.9 Å². The molecule has 0 aliphatic rings. The van der Waals surface area contributed by atoms with Crippen LogP contribution in [-0.4, -0.2) is 29.0 Å². The zero-order valence-electron chi connectivity index (χ0n) is 11.0. The summed E-state index contributed by atoms with van der Waals surface area (Å²) in [6.45, 7) is 8.21. The fraction of sp³-hybridized carbons (Fsp3) is 0.583. The molecular weight excluding hydrogens is 216 g/mol. The van der Waals surface area contributed by atoms with Crippen molar-refractivity contribution in [2.24, 2.45) is 5.41 Å². The first-order valence-electron chi connectivity index (χ1n) is 5.65. The molecule has 0 saturated heterocycles. The summed E-state index contributed by atoms with van der Waals surface area (Å²) in [7, 11) is 1.76. The van der Waals surface area contributed by atoms with Crippen molar-refractivity contribution < 1.29 is 4.79 Å². The molecule has 0 aliphatic carbocycles. The molecule has 1 atom stereocenters. The van der Waals surface area contributed by atoms with Crippen LogP contribution < -0.4 is 10.6 Å². The Bertz CT molecular complexity index is 380. The third kappa shape index (κ3) is 3.69. The summed E-state index contributed by atoms with van der Waals surface area (Å²) >= 11 is 0. The lowest BCUT2D eigenvalue weighted by Crippen LogP contribution is -2.41. The van der Waals surface area contributed by atoms with Crippen LogP contribution in [0.5, 0.6) is 0 Å². The minimum absolute atomic E-state index is 0.0218. The fourth-order valence-electron chi connectivity index (χ4n) is 1.06. The highest BCUT2D eigenvalue weighted by molar-refractivity contribution is 5.92. The number of carbonyl (C=O) groups is 1. The molecule has 0 spiro atoms. The average Bonchev–Trinajstić information content (AvgIpc) is 2.27. The molecule has 94 valence electrons. The smallest absolute Gasteiger partial charge is 0.271 e. The van der Waals surface area contributed by atoms with Gasteiger partial charge < -0.3 is 10.6 Å². The molecule has 1 unspecified atom stereocenters. The predicted octanol–water partition coefficient (Wildman–Crippen LogP) is 1.68. The van der Waals surface area contributed by atoms with Gasteiger partial charge in [-0.1, -0.05) is 20.8 Å². The van der Waals surface area contributed by atoms with Gasteiger partial charge in [-0.15, -0.1) is 0 Å². The maximum Gasteiger partial charge on any atom is 0.271 e. The molecule has 0 aromatic carbocycles. The van der Waals surface area contributed by atoms with Gasteiger partial charge in [0.05, 0.1) is 12.4 Å². The summed E-state index contributed by atoms with van der Waals surface area (Å²) in [6.07, 6.45) is 3.01. The van der Waals surface area contributed by atoms with Crippen LogP contribution in [0.15, 0.2) is 12.4 Å². The number of aromatic nitrogens is 2. The Hall–Kier alpha value is -1.65. The summed E-state index contributed by atoms with van der Waals surface area (Å²) in [5, 5.41) is 5.76. The number of hydrogen-bond donors (Lipinski definition) is 2. The summed E-state index contributed by atoms with van der Waals surface area (Å²) in [5.74, 6) is 0.452. The molecule has 5 nitrogen and oxygen atoms in total. The van der Waals surface area contributed by atoms with Crippen molar-refractivity contribution in [2.75, 3.05) is 12.4 Å². The lowest BCUT2D eigenvalue weighted by Gasteiger charge is -2.27. The number of amides is 1. The summed E-state index contributed by atoms with van der Waals surface area (Å²) in [5.41, 5.74) is 0.355. The molecule has 0 radical (unpaired) electrons. The zero-order chi connectivity index (χ0) is 13.1. The van der Waals surface area contributed by atoms with Crippen molar-refractivity contribution in [3.63, 3.8) is 0 Å². The van der Waals surface area contributed by atoms with Crippen LogP contribution in [0.4, 0.5) is 5.82 Å². The van der Waals surface area contributed by atoms with Gasteiger partial charge in [0, 0.05) is 13.1 Å². The molecular formula is C12H20N4O. The van der Waals surface area contributed by atoms with Crippen LogP contribution in [0, 0.1) is 5.41 Å². The molecule has 1 heterocycles. The maximum atomic E-state index is 11.9. The Morgan fingerprint density at radius 3 is 2.35 bits per heavy atom. The van der Waals surface area contributed by atoms with Gasteiger partial charge in [-0.3, -0.25) is 4.79 Å². The van der Waals surface area contributed by atoms with Crippen LogP contribution >= 0.6 is 0 Å². The predicted molar refractivity (Wildman–Crippen MR) is 68.0 cm³/mol. The van der Waals surface area contributed by atoms with Crippen LogP contribution in [0.25, 0.3) is 0 Å². The van der Waals surface area contributed by atoms with Crippen molar-refractivity contribution >= 4 is 11.7 Å². The van der Waals surface area contributed by atoms with Crippen molar-refractivity contribution in [3.05, 3.63) is 18.1 Å². The molecule has 0 bridgehead atoms. The molecule has 0 aliphatic heterocycles. The number of carbonyl (C=O) groups excluding carboxylic acids is 1. The van der Waals surface area contributed by atoms with E-state index in [1.165, 1.54) is 12.4 Å². The summed E-state index contributed by atoms with van der Waals surface area (Å²) in [6, 6.07) is 0.0702. The number of nitrogens with one attached hydrogen (secondary N) is 2. The van der Waals surface area contributed by atoms with Crippen molar-refractivity contribution in [1.82, 2.24) is 15.3 Å². The van der Waals surface area contributed by atoms with E-state index >= 15 is 0 Å². The van der Waals surface area contributed by atoms with Gasteiger partial charge in [-0.05, 0) is 12.3 Å². The molecule has 2 N–H and O–H groups in total. The standard InChI is InChI=1S/C12H20N4O/c1-8(12(2,3)4)16-11(17)9-6-15-10(13-5)7-14-9/h6-8H,1-5H3,(H,13,15)(H,16,17). The maximum absolute atomic E-state index is 11.9. The quantitative estimate of drug-likeness (QED) is 0.838. The molecule has 1 aromatic heterocycles. The normalized spacial score (nSPS) is 13.0. The Morgan fingerprint density at radius 2 is 1.94 bits per heavy atom. The highest BCUT2D eigenvalue weighted by Crippen LogP contribution is 2.18. The second-order valence-corrected chi connectivity index (χ2v) is 5.10. The second kappa shape index (κ2) is 5.12. The number of anilines is 1. The Kier molecular flexibility index (Phi) is 4.04. The molecule has 1 rings (SSSR count). The van der Waals surface area contributed by atoms with E-state index in [1.807, 2.05) is 6.92 Å².